The molecule has 1 saturated carbocycles. The molecule has 1 aliphatic rings. The summed E-state index contributed by atoms with van der Waals surface area (Å²) >= 11 is 0. The molecule has 0 saturated heterocycles. The topological polar surface area (TPSA) is 38.5 Å². The quantitative estimate of drug-likeness (QED) is 0.770. The van der Waals surface area contributed by atoms with Gasteiger partial charge in [-0.3, -0.25) is 0 Å². The van der Waals surface area contributed by atoms with Gasteiger partial charge in [-0.15, -0.1) is 0 Å². The van der Waals surface area contributed by atoms with Crippen molar-refractivity contribution < 1.29 is 4.74 Å². The molecule has 1 fully saturated rings. The molecule has 90 valence electrons. The Kier molecular flexibility index (Phi) is 5.03. The Morgan fingerprint density at radius 1 is 1.40 bits per heavy atom. The van der Waals surface area contributed by atoms with Gasteiger partial charge in [-0.25, -0.2) is 0 Å². The van der Waals surface area contributed by atoms with E-state index in [0.717, 1.165) is 13.0 Å². The second-order valence-electron chi connectivity index (χ2n) is 5.11. The second-order valence-corrected chi connectivity index (χ2v) is 5.11. The Balaban J connectivity index is 2.49. The molecule has 0 radical (unpaired) electrons. The monoisotopic (exact) mass is 214 g/mol. The Labute approximate surface area is 94.0 Å². The van der Waals surface area contributed by atoms with Gasteiger partial charge in [0.15, 0.2) is 0 Å². The van der Waals surface area contributed by atoms with Gasteiger partial charge in [0.2, 0.25) is 0 Å². The molecule has 0 heterocycles. The highest BCUT2D eigenvalue weighted by molar-refractivity contribution is 4.87. The summed E-state index contributed by atoms with van der Waals surface area (Å²) in [7, 11) is 3.98. The summed E-state index contributed by atoms with van der Waals surface area (Å²) in [6.45, 7) is 5.31. The van der Waals surface area contributed by atoms with Crippen LogP contribution in [0.15, 0.2) is 0 Å². The van der Waals surface area contributed by atoms with Gasteiger partial charge in [-0.05, 0) is 46.1 Å². The number of hydrogen-bond acceptors (Lipinski definition) is 3. The highest BCUT2D eigenvalue weighted by atomic mass is 16.5. The lowest BCUT2D eigenvalue weighted by atomic mass is 9.81. The minimum Gasteiger partial charge on any atom is -0.384 e. The van der Waals surface area contributed by atoms with Gasteiger partial charge in [0.25, 0.3) is 0 Å². The predicted molar refractivity (Wildman–Crippen MR) is 63.9 cm³/mol. The lowest BCUT2D eigenvalue weighted by Gasteiger charge is -2.40. The third-order valence-electron chi connectivity index (χ3n) is 3.78. The summed E-state index contributed by atoms with van der Waals surface area (Å²) in [5, 5.41) is 0. The fraction of sp³-hybridized carbons (Fsp3) is 1.00. The molecule has 0 bridgehead atoms. The fourth-order valence-electron chi connectivity index (χ4n) is 2.46. The molecule has 0 unspecified atom stereocenters. The lowest BCUT2D eigenvalue weighted by molar-refractivity contribution is 0.0683. The molecule has 2 N–H and O–H groups in total. The fourth-order valence-corrected chi connectivity index (χ4v) is 2.46. The van der Waals surface area contributed by atoms with E-state index in [1.807, 2.05) is 0 Å². The van der Waals surface area contributed by atoms with Crippen molar-refractivity contribution in [2.75, 3.05) is 20.8 Å². The van der Waals surface area contributed by atoms with Gasteiger partial charge in [0.05, 0.1) is 6.61 Å². The molecule has 0 amide bonds. The molecular weight excluding hydrogens is 188 g/mol. The maximum Gasteiger partial charge on any atom is 0.0505 e. The minimum absolute atomic E-state index is 0.335. The molecule has 0 aromatic carbocycles. The SMILES string of the molecule is COC[C@@H]1C[C@H](N(C)C(C)C)CC[C@@H]1N. The number of ether oxygens (including phenoxy) is 1. The maximum absolute atomic E-state index is 6.11. The van der Waals surface area contributed by atoms with Gasteiger partial charge in [-0.2, -0.15) is 0 Å². The molecule has 3 nitrogen and oxygen atoms in total. The average molecular weight is 214 g/mol. The molecule has 3 heteroatoms. The lowest BCUT2D eigenvalue weighted by Crippen LogP contribution is -2.47. The third kappa shape index (κ3) is 3.44. The van der Waals surface area contributed by atoms with Gasteiger partial charge in [0, 0.05) is 25.2 Å². The minimum atomic E-state index is 0.335. The van der Waals surface area contributed by atoms with E-state index in [1.54, 1.807) is 7.11 Å². The zero-order chi connectivity index (χ0) is 11.4. The van der Waals surface area contributed by atoms with Gasteiger partial charge < -0.3 is 15.4 Å². The van der Waals surface area contributed by atoms with Crippen molar-refractivity contribution >= 4 is 0 Å². The van der Waals surface area contributed by atoms with Crippen molar-refractivity contribution in [3.05, 3.63) is 0 Å². The highest BCUT2D eigenvalue weighted by Gasteiger charge is 2.30. The van der Waals surface area contributed by atoms with Crippen LogP contribution in [0.2, 0.25) is 0 Å². The highest BCUT2D eigenvalue weighted by Crippen LogP contribution is 2.27. The second kappa shape index (κ2) is 5.83. The number of methoxy groups -OCH3 is 1. The van der Waals surface area contributed by atoms with E-state index < -0.39 is 0 Å². The van der Waals surface area contributed by atoms with E-state index in [-0.39, 0.29) is 0 Å². The van der Waals surface area contributed by atoms with Crippen LogP contribution < -0.4 is 5.73 Å². The van der Waals surface area contributed by atoms with Crippen molar-refractivity contribution in [3.63, 3.8) is 0 Å². The van der Waals surface area contributed by atoms with E-state index in [2.05, 4.69) is 25.8 Å². The van der Waals surface area contributed by atoms with E-state index in [0.29, 0.717) is 24.0 Å². The predicted octanol–water partition coefficient (Wildman–Crippen LogP) is 1.47. The molecule has 3 atom stereocenters. The Hall–Kier alpha value is -0.120. The number of nitrogens with zero attached hydrogens (tertiary/aromatic N) is 1. The van der Waals surface area contributed by atoms with E-state index in [9.17, 15) is 0 Å². The van der Waals surface area contributed by atoms with Crippen LogP contribution >= 0.6 is 0 Å². The first kappa shape index (κ1) is 12.9. The zero-order valence-electron chi connectivity index (χ0n) is 10.6. The van der Waals surface area contributed by atoms with Gasteiger partial charge >= 0.3 is 0 Å². The average Bonchev–Trinajstić information content (AvgIpc) is 2.20. The number of nitrogens with two attached hydrogens (primary N) is 1. The molecule has 0 aromatic heterocycles. The van der Waals surface area contributed by atoms with Crippen LogP contribution in [0.25, 0.3) is 0 Å². The van der Waals surface area contributed by atoms with Crippen LogP contribution in [-0.4, -0.2) is 43.8 Å². The maximum atomic E-state index is 6.11. The van der Waals surface area contributed by atoms with Crippen LogP contribution in [0.1, 0.15) is 33.1 Å². The normalized spacial score (nSPS) is 32.6. The summed E-state index contributed by atoms with van der Waals surface area (Å²) in [4.78, 5) is 2.47. The Morgan fingerprint density at radius 2 is 2.07 bits per heavy atom. The summed E-state index contributed by atoms with van der Waals surface area (Å²) < 4.78 is 5.24. The van der Waals surface area contributed by atoms with Crippen molar-refractivity contribution in [2.24, 2.45) is 11.7 Å². The summed E-state index contributed by atoms with van der Waals surface area (Å²) in [6, 6.07) is 1.64. The van der Waals surface area contributed by atoms with Gasteiger partial charge in [0.1, 0.15) is 0 Å². The zero-order valence-corrected chi connectivity index (χ0v) is 10.6. The first-order valence-corrected chi connectivity index (χ1v) is 6.02. The van der Waals surface area contributed by atoms with Crippen LogP contribution in [0.3, 0.4) is 0 Å². The largest absolute Gasteiger partial charge is 0.384 e. The smallest absolute Gasteiger partial charge is 0.0505 e. The van der Waals surface area contributed by atoms with Crippen LogP contribution in [-0.2, 0) is 4.74 Å². The first-order valence-electron chi connectivity index (χ1n) is 6.02. The van der Waals surface area contributed by atoms with E-state index in [4.69, 9.17) is 10.5 Å². The van der Waals surface area contributed by atoms with Crippen molar-refractivity contribution in [1.82, 2.24) is 4.90 Å². The van der Waals surface area contributed by atoms with Crippen LogP contribution in [0.4, 0.5) is 0 Å². The molecular formula is C12H26N2O. The Bertz CT molecular complexity index is 184. The van der Waals surface area contributed by atoms with Crippen LogP contribution in [0, 0.1) is 5.92 Å². The standard InChI is InChI=1S/C12H26N2O/c1-9(2)14(3)11-5-6-12(13)10(7-11)8-15-4/h9-12H,5-8,13H2,1-4H3/t10-,11+,12-/m0/s1. The summed E-state index contributed by atoms with van der Waals surface area (Å²) in [5.41, 5.74) is 6.11. The molecule has 1 aliphatic carbocycles. The van der Waals surface area contributed by atoms with Crippen LogP contribution in [0.5, 0.6) is 0 Å². The molecule has 0 spiro atoms. The summed E-state index contributed by atoms with van der Waals surface area (Å²) in [5.74, 6) is 0.537. The molecule has 15 heavy (non-hydrogen) atoms. The molecule has 0 aromatic rings. The number of hydrogen-bond donors (Lipinski definition) is 1. The van der Waals surface area contributed by atoms with Gasteiger partial charge in [-0.1, -0.05) is 0 Å². The van der Waals surface area contributed by atoms with E-state index in [1.165, 1.54) is 12.8 Å². The molecule has 0 aliphatic heterocycles. The van der Waals surface area contributed by atoms with E-state index >= 15 is 0 Å². The third-order valence-corrected chi connectivity index (χ3v) is 3.78. The Morgan fingerprint density at radius 3 is 2.60 bits per heavy atom. The first-order chi connectivity index (χ1) is 7.06. The van der Waals surface area contributed by atoms with Crippen molar-refractivity contribution in [1.29, 1.82) is 0 Å². The molecule has 1 rings (SSSR count). The van der Waals surface area contributed by atoms with Crippen molar-refractivity contribution in [3.8, 4) is 0 Å². The van der Waals surface area contributed by atoms with Crippen molar-refractivity contribution in [2.45, 2.75) is 51.2 Å². The summed E-state index contributed by atoms with van der Waals surface area (Å²) in [6.07, 6.45) is 3.55. The number of rotatable bonds is 4.